The molecule has 0 radical (unpaired) electrons. The first kappa shape index (κ1) is 25.3. The van der Waals surface area contributed by atoms with Gasteiger partial charge in [-0.15, -0.1) is 0 Å². The number of rotatable bonds is 10. The van der Waals surface area contributed by atoms with E-state index < -0.39 is 8.07 Å². The maximum atomic E-state index is 12.5. The molecule has 0 aliphatic carbocycles. The fourth-order valence-corrected chi connectivity index (χ4v) is 5.00. The standard InChI is InChI=1S/C26H38N6O2Si/c1-19(2)15-24(33)31-11-8-20(17-31)29-25-21(7-6-10-27-25)23-16-28-26-22(30-23)9-12-32(26)18-34-13-14-35(3,4)5/h6-7,9-10,12,16,19-20H,8,11,13-15,17-18H2,1-5H3,(H,27,29). The number of amides is 1. The third-order valence-corrected chi connectivity index (χ3v) is 7.94. The summed E-state index contributed by atoms with van der Waals surface area (Å²) in [5.74, 6) is 1.38. The fraction of sp³-hybridized carbons (Fsp3) is 0.538. The van der Waals surface area contributed by atoms with Crippen LogP contribution in [0.25, 0.3) is 22.4 Å². The van der Waals surface area contributed by atoms with E-state index in [1.807, 2.05) is 33.9 Å². The van der Waals surface area contributed by atoms with E-state index in [1.54, 1.807) is 12.4 Å². The summed E-state index contributed by atoms with van der Waals surface area (Å²) in [5.41, 5.74) is 3.33. The molecule has 0 saturated carbocycles. The minimum Gasteiger partial charge on any atom is -0.365 e. The molecule has 1 N–H and O–H groups in total. The van der Waals surface area contributed by atoms with Crippen LogP contribution in [0.2, 0.25) is 25.7 Å². The van der Waals surface area contributed by atoms with Crippen molar-refractivity contribution in [3.8, 4) is 11.3 Å². The van der Waals surface area contributed by atoms with Crippen molar-refractivity contribution < 1.29 is 9.53 Å². The second kappa shape index (κ2) is 10.9. The molecule has 0 spiro atoms. The Morgan fingerprint density at radius 1 is 1.26 bits per heavy atom. The molecule has 1 saturated heterocycles. The molecule has 1 aliphatic heterocycles. The summed E-state index contributed by atoms with van der Waals surface area (Å²) < 4.78 is 7.90. The number of pyridine rings is 1. The lowest BCUT2D eigenvalue weighted by molar-refractivity contribution is -0.130. The molecule has 3 aromatic rings. The van der Waals surface area contributed by atoms with E-state index in [2.05, 4.69) is 43.8 Å². The van der Waals surface area contributed by atoms with Gasteiger partial charge in [0.15, 0.2) is 5.65 Å². The summed E-state index contributed by atoms with van der Waals surface area (Å²) in [7, 11) is -1.11. The average molecular weight is 495 g/mol. The van der Waals surface area contributed by atoms with Gasteiger partial charge in [-0.05, 0) is 36.6 Å². The first-order chi connectivity index (χ1) is 16.7. The SMILES string of the molecule is CC(C)CC(=O)N1CCC(Nc2ncccc2-c2cnc3c(ccn3COCC[Si](C)(C)C)n2)C1. The fourth-order valence-electron chi connectivity index (χ4n) is 4.24. The number of aromatic nitrogens is 4. The zero-order valence-electron chi connectivity index (χ0n) is 21.6. The molecule has 4 heterocycles. The Morgan fingerprint density at radius 3 is 2.86 bits per heavy atom. The van der Waals surface area contributed by atoms with Crippen molar-refractivity contribution in [3.63, 3.8) is 0 Å². The Kier molecular flexibility index (Phi) is 7.86. The van der Waals surface area contributed by atoms with Gasteiger partial charge in [0.2, 0.25) is 5.91 Å². The van der Waals surface area contributed by atoms with E-state index in [4.69, 9.17) is 14.7 Å². The summed E-state index contributed by atoms with van der Waals surface area (Å²) in [6.07, 6.45) is 7.07. The number of likely N-dealkylation sites (tertiary alicyclic amines) is 1. The molecular formula is C26H38N6O2Si. The van der Waals surface area contributed by atoms with Crippen LogP contribution in [0.1, 0.15) is 26.7 Å². The first-order valence-corrected chi connectivity index (χ1v) is 16.3. The minimum absolute atomic E-state index is 0.172. The van der Waals surface area contributed by atoms with Gasteiger partial charge in [0.05, 0.1) is 11.9 Å². The van der Waals surface area contributed by atoms with Crippen LogP contribution in [0.4, 0.5) is 5.82 Å². The van der Waals surface area contributed by atoms with Gasteiger partial charge in [-0.25, -0.2) is 15.0 Å². The highest BCUT2D eigenvalue weighted by Crippen LogP contribution is 2.27. The van der Waals surface area contributed by atoms with E-state index in [-0.39, 0.29) is 11.9 Å². The monoisotopic (exact) mass is 494 g/mol. The third kappa shape index (κ3) is 6.67. The van der Waals surface area contributed by atoms with Crippen molar-refractivity contribution in [2.45, 2.75) is 65.1 Å². The molecule has 188 valence electrons. The van der Waals surface area contributed by atoms with Gasteiger partial charge in [-0.3, -0.25) is 4.79 Å². The zero-order chi connectivity index (χ0) is 25.0. The van der Waals surface area contributed by atoms with Crippen molar-refractivity contribution in [1.82, 2.24) is 24.4 Å². The van der Waals surface area contributed by atoms with Gasteiger partial charge in [0.25, 0.3) is 0 Å². The Morgan fingerprint density at radius 2 is 2.09 bits per heavy atom. The molecule has 1 aliphatic rings. The number of fused-ring (bicyclic) bond motifs is 1. The molecule has 1 unspecified atom stereocenters. The van der Waals surface area contributed by atoms with Gasteiger partial charge in [-0.2, -0.15) is 0 Å². The number of carbonyl (C=O) groups is 1. The van der Waals surface area contributed by atoms with Crippen molar-refractivity contribution in [1.29, 1.82) is 0 Å². The summed E-state index contributed by atoms with van der Waals surface area (Å²) >= 11 is 0. The number of nitrogens with one attached hydrogen (secondary N) is 1. The summed E-state index contributed by atoms with van der Waals surface area (Å²) in [5, 5.41) is 3.55. The number of ether oxygens (including phenoxy) is 1. The van der Waals surface area contributed by atoms with Gasteiger partial charge in [0.1, 0.15) is 18.1 Å². The van der Waals surface area contributed by atoms with Crippen LogP contribution in [-0.4, -0.2) is 64.1 Å². The maximum absolute atomic E-state index is 12.5. The van der Waals surface area contributed by atoms with Crippen molar-refractivity contribution in [2.24, 2.45) is 5.92 Å². The lowest BCUT2D eigenvalue weighted by atomic mass is 10.1. The molecule has 9 heteroatoms. The van der Waals surface area contributed by atoms with Crippen LogP contribution in [0.3, 0.4) is 0 Å². The quantitative estimate of drug-likeness (QED) is 0.320. The van der Waals surface area contributed by atoms with Crippen LogP contribution >= 0.6 is 0 Å². The lowest BCUT2D eigenvalue weighted by Crippen LogP contribution is -2.32. The van der Waals surface area contributed by atoms with Crippen molar-refractivity contribution >= 4 is 31.0 Å². The van der Waals surface area contributed by atoms with Gasteiger partial charge in [-0.1, -0.05) is 33.5 Å². The van der Waals surface area contributed by atoms with Crippen LogP contribution in [0, 0.1) is 5.92 Å². The van der Waals surface area contributed by atoms with Gasteiger partial charge >= 0.3 is 0 Å². The summed E-state index contributed by atoms with van der Waals surface area (Å²) in [4.78, 5) is 28.6. The number of carbonyl (C=O) groups excluding carboxylic acids is 1. The predicted molar refractivity (Wildman–Crippen MR) is 143 cm³/mol. The largest absolute Gasteiger partial charge is 0.365 e. The van der Waals surface area contributed by atoms with Gasteiger partial charge in [0, 0.05) is 58.2 Å². The molecular weight excluding hydrogens is 456 g/mol. The van der Waals surface area contributed by atoms with Crippen LogP contribution in [0.5, 0.6) is 0 Å². The number of hydrogen-bond donors (Lipinski definition) is 1. The number of hydrogen-bond acceptors (Lipinski definition) is 6. The molecule has 4 rings (SSSR count). The highest BCUT2D eigenvalue weighted by atomic mass is 28.3. The Balaban J connectivity index is 1.44. The normalized spacial score (nSPS) is 16.4. The zero-order valence-corrected chi connectivity index (χ0v) is 22.6. The molecule has 1 atom stereocenters. The van der Waals surface area contributed by atoms with E-state index in [0.717, 1.165) is 53.9 Å². The molecule has 0 aromatic carbocycles. The summed E-state index contributed by atoms with van der Waals surface area (Å²) in [6, 6.07) is 7.22. The predicted octanol–water partition coefficient (Wildman–Crippen LogP) is 4.86. The molecule has 3 aromatic heterocycles. The Labute approximate surface area is 209 Å². The highest BCUT2D eigenvalue weighted by molar-refractivity contribution is 6.76. The maximum Gasteiger partial charge on any atom is 0.222 e. The molecule has 0 bridgehead atoms. The lowest BCUT2D eigenvalue weighted by Gasteiger charge is -2.19. The van der Waals surface area contributed by atoms with Crippen LogP contribution in [-0.2, 0) is 16.3 Å². The smallest absolute Gasteiger partial charge is 0.222 e. The Hall–Kier alpha value is -2.78. The van der Waals surface area contributed by atoms with Gasteiger partial charge < -0.3 is 19.5 Å². The number of nitrogens with zero attached hydrogens (tertiary/aromatic N) is 5. The second-order valence-corrected chi connectivity index (χ2v) is 16.7. The average Bonchev–Trinajstić information content (AvgIpc) is 3.43. The summed E-state index contributed by atoms with van der Waals surface area (Å²) in [6.45, 7) is 14.0. The minimum atomic E-state index is -1.11. The molecule has 35 heavy (non-hydrogen) atoms. The van der Waals surface area contributed by atoms with Crippen molar-refractivity contribution in [3.05, 3.63) is 36.8 Å². The van der Waals surface area contributed by atoms with E-state index in [1.165, 1.54) is 0 Å². The Bertz CT molecular complexity index is 1160. The van der Waals surface area contributed by atoms with Crippen LogP contribution in [0.15, 0.2) is 36.8 Å². The van der Waals surface area contributed by atoms with Crippen LogP contribution < -0.4 is 5.32 Å². The van der Waals surface area contributed by atoms with E-state index in [9.17, 15) is 4.79 Å². The second-order valence-electron chi connectivity index (χ2n) is 11.1. The topological polar surface area (TPSA) is 85.2 Å². The molecule has 8 nitrogen and oxygen atoms in total. The van der Waals surface area contributed by atoms with Crippen molar-refractivity contribution in [2.75, 3.05) is 25.0 Å². The molecule has 1 amide bonds. The van der Waals surface area contributed by atoms with E-state index >= 15 is 0 Å². The van der Waals surface area contributed by atoms with E-state index in [0.29, 0.717) is 25.6 Å². The third-order valence-electron chi connectivity index (χ3n) is 6.24. The number of anilines is 1. The first-order valence-electron chi connectivity index (χ1n) is 12.6. The highest BCUT2D eigenvalue weighted by Gasteiger charge is 2.27. The molecule has 1 fully saturated rings.